The molecule has 1 aromatic rings. The van der Waals surface area contributed by atoms with Gasteiger partial charge < -0.3 is 10.3 Å². The predicted molar refractivity (Wildman–Crippen MR) is 78.3 cm³/mol. The van der Waals surface area contributed by atoms with Crippen molar-refractivity contribution in [1.82, 2.24) is 9.47 Å². The summed E-state index contributed by atoms with van der Waals surface area (Å²) in [6.07, 6.45) is 2.14. The molecule has 19 heavy (non-hydrogen) atoms. The molecule has 2 N–H and O–H groups in total. The highest BCUT2D eigenvalue weighted by atomic mass is 16.1. The summed E-state index contributed by atoms with van der Waals surface area (Å²) in [5, 5.41) is 0. The van der Waals surface area contributed by atoms with Crippen LogP contribution in [0, 0.1) is 0 Å². The summed E-state index contributed by atoms with van der Waals surface area (Å²) in [6.45, 7) is 9.79. The summed E-state index contributed by atoms with van der Waals surface area (Å²) in [4.78, 5) is 14.8. The second-order valence-electron chi connectivity index (χ2n) is 5.64. The molecule has 0 saturated heterocycles. The average molecular weight is 263 g/mol. The molecule has 0 fully saturated rings. The van der Waals surface area contributed by atoms with Crippen LogP contribution in [-0.4, -0.2) is 22.6 Å². The van der Waals surface area contributed by atoms with Crippen LogP contribution in [0.1, 0.15) is 50.1 Å². The van der Waals surface area contributed by atoms with Crippen molar-refractivity contribution >= 4 is 0 Å². The minimum absolute atomic E-state index is 0.0974. The van der Waals surface area contributed by atoms with Gasteiger partial charge in [-0.25, -0.2) is 0 Å². The maximum Gasteiger partial charge on any atom is 0.255 e. The van der Waals surface area contributed by atoms with E-state index in [1.165, 1.54) is 17.7 Å². The molecule has 0 unspecified atom stereocenters. The summed E-state index contributed by atoms with van der Waals surface area (Å²) < 4.78 is 1.95. The second kappa shape index (κ2) is 5.88. The van der Waals surface area contributed by atoms with E-state index in [1.807, 2.05) is 10.6 Å². The Bertz CT molecular complexity index is 505. The van der Waals surface area contributed by atoms with Crippen molar-refractivity contribution < 1.29 is 0 Å². The standard InChI is InChI=1S/C15H25N3O/c1-4-6-17-7-5-14-13(10-17)8-12(9-16)15(19)18(14)11(2)3/h8,11H,4-7,9-10,16H2,1-3H3. The number of nitrogens with zero attached hydrogens (tertiary/aromatic N) is 2. The van der Waals surface area contributed by atoms with Crippen molar-refractivity contribution in [3.05, 3.63) is 33.2 Å². The molecule has 4 nitrogen and oxygen atoms in total. The quantitative estimate of drug-likeness (QED) is 0.899. The van der Waals surface area contributed by atoms with Gasteiger partial charge in [0.15, 0.2) is 0 Å². The van der Waals surface area contributed by atoms with E-state index in [4.69, 9.17) is 5.73 Å². The van der Waals surface area contributed by atoms with Crippen LogP contribution in [0.3, 0.4) is 0 Å². The van der Waals surface area contributed by atoms with E-state index >= 15 is 0 Å². The van der Waals surface area contributed by atoms with E-state index in [1.54, 1.807) is 0 Å². The highest BCUT2D eigenvalue weighted by Gasteiger charge is 2.22. The molecule has 0 bridgehead atoms. The third-order valence-electron chi connectivity index (χ3n) is 3.84. The Balaban J connectivity index is 2.47. The Hall–Kier alpha value is -1.13. The van der Waals surface area contributed by atoms with Gasteiger partial charge in [0, 0.05) is 43.4 Å². The van der Waals surface area contributed by atoms with Crippen LogP contribution in [0.15, 0.2) is 10.9 Å². The van der Waals surface area contributed by atoms with Gasteiger partial charge in [0.2, 0.25) is 0 Å². The summed E-state index contributed by atoms with van der Waals surface area (Å²) in [6, 6.07) is 2.23. The van der Waals surface area contributed by atoms with Crippen molar-refractivity contribution in [3.63, 3.8) is 0 Å². The fourth-order valence-electron chi connectivity index (χ4n) is 2.99. The zero-order valence-electron chi connectivity index (χ0n) is 12.3. The predicted octanol–water partition coefficient (Wildman–Crippen LogP) is 1.66. The normalized spacial score (nSPS) is 15.8. The van der Waals surface area contributed by atoms with Crippen LogP contribution in [0.5, 0.6) is 0 Å². The SMILES string of the molecule is CCCN1CCc2c(cc(CN)c(=O)n2C(C)C)C1. The molecule has 0 saturated carbocycles. The van der Waals surface area contributed by atoms with Gasteiger partial charge in [-0.3, -0.25) is 9.69 Å². The van der Waals surface area contributed by atoms with Crippen molar-refractivity contribution in [1.29, 1.82) is 0 Å². The Morgan fingerprint density at radius 1 is 1.42 bits per heavy atom. The van der Waals surface area contributed by atoms with Crippen LogP contribution >= 0.6 is 0 Å². The number of hydrogen-bond acceptors (Lipinski definition) is 3. The van der Waals surface area contributed by atoms with Gasteiger partial charge in [0.1, 0.15) is 0 Å². The van der Waals surface area contributed by atoms with Gasteiger partial charge in [-0.05, 0) is 38.4 Å². The van der Waals surface area contributed by atoms with E-state index < -0.39 is 0 Å². The average Bonchev–Trinajstić information content (AvgIpc) is 2.38. The lowest BCUT2D eigenvalue weighted by molar-refractivity contribution is 0.247. The van der Waals surface area contributed by atoms with Gasteiger partial charge in [0.25, 0.3) is 5.56 Å². The fraction of sp³-hybridized carbons (Fsp3) is 0.667. The van der Waals surface area contributed by atoms with Crippen LogP contribution in [0.25, 0.3) is 0 Å². The lowest BCUT2D eigenvalue weighted by atomic mass is 10.0. The number of rotatable bonds is 4. The lowest BCUT2D eigenvalue weighted by Gasteiger charge is -2.31. The van der Waals surface area contributed by atoms with Gasteiger partial charge in [-0.1, -0.05) is 6.92 Å². The molecule has 2 rings (SSSR count). The largest absolute Gasteiger partial charge is 0.326 e. The van der Waals surface area contributed by atoms with E-state index in [2.05, 4.69) is 25.7 Å². The molecule has 2 heterocycles. The van der Waals surface area contributed by atoms with Gasteiger partial charge in [-0.15, -0.1) is 0 Å². The Kier molecular flexibility index (Phi) is 4.42. The Morgan fingerprint density at radius 2 is 2.16 bits per heavy atom. The minimum Gasteiger partial charge on any atom is -0.326 e. The maximum absolute atomic E-state index is 12.4. The van der Waals surface area contributed by atoms with Crippen LogP contribution in [-0.2, 0) is 19.5 Å². The fourth-order valence-corrected chi connectivity index (χ4v) is 2.99. The number of hydrogen-bond donors (Lipinski definition) is 1. The van der Waals surface area contributed by atoms with Crippen LogP contribution in [0.2, 0.25) is 0 Å². The van der Waals surface area contributed by atoms with Crippen molar-refractivity contribution in [2.24, 2.45) is 5.73 Å². The first-order valence-corrected chi connectivity index (χ1v) is 7.27. The summed E-state index contributed by atoms with van der Waals surface area (Å²) in [5.41, 5.74) is 9.06. The molecule has 0 aromatic carbocycles. The highest BCUT2D eigenvalue weighted by molar-refractivity contribution is 5.29. The van der Waals surface area contributed by atoms with Crippen LogP contribution < -0.4 is 11.3 Å². The Labute approximate surface area is 115 Å². The third kappa shape index (κ3) is 2.74. The number of nitrogens with two attached hydrogens (primary N) is 1. The monoisotopic (exact) mass is 263 g/mol. The van der Waals surface area contributed by atoms with E-state index in [0.29, 0.717) is 6.54 Å². The number of fused-ring (bicyclic) bond motifs is 1. The molecule has 1 aliphatic heterocycles. The number of aromatic nitrogens is 1. The first-order chi connectivity index (χ1) is 9.08. The third-order valence-corrected chi connectivity index (χ3v) is 3.84. The summed E-state index contributed by atoms with van der Waals surface area (Å²) in [7, 11) is 0. The maximum atomic E-state index is 12.4. The molecule has 0 radical (unpaired) electrons. The molecular formula is C15H25N3O. The molecular weight excluding hydrogens is 238 g/mol. The van der Waals surface area contributed by atoms with Crippen molar-refractivity contribution in [2.45, 2.75) is 52.7 Å². The molecule has 1 aromatic heterocycles. The zero-order valence-corrected chi connectivity index (χ0v) is 12.3. The smallest absolute Gasteiger partial charge is 0.255 e. The molecule has 1 aliphatic rings. The summed E-state index contributed by atoms with van der Waals surface area (Å²) in [5.74, 6) is 0. The van der Waals surface area contributed by atoms with Gasteiger partial charge in [0.05, 0.1) is 0 Å². The van der Waals surface area contributed by atoms with Gasteiger partial charge in [-0.2, -0.15) is 0 Å². The first kappa shape index (κ1) is 14.3. The molecule has 0 spiro atoms. The van der Waals surface area contributed by atoms with E-state index in [-0.39, 0.29) is 11.6 Å². The molecule has 0 amide bonds. The minimum atomic E-state index is 0.0974. The summed E-state index contributed by atoms with van der Waals surface area (Å²) >= 11 is 0. The van der Waals surface area contributed by atoms with E-state index in [0.717, 1.165) is 31.6 Å². The molecule has 0 aliphatic carbocycles. The van der Waals surface area contributed by atoms with Gasteiger partial charge >= 0.3 is 0 Å². The molecule has 4 heteroatoms. The first-order valence-electron chi connectivity index (χ1n) is 7.27. The van der Waals surface area contributed by atoms with Crippen LogP contribution in [0.4, 0.5) is 0 Å². The zero-order chi connectivity index (χ0) is 14.0. The highest BCUT2D eigenvalue weighted by Crippen LogP contribution is 2.21. The lowest BCUT2D eigenvalue weighted by Crippen LogP contribution is -2.38. The Morgan fingerprint density at radius 3 is 2.74 bits per heavy atom. The van der Waals surface area contributed by atoms with E-state index in [9.17, 15) is 4.79 Å². The number of pyridine rings is 1. The molecule has 106 valence electrons. The topological polar surface area (TPSA) is 51.3 Å². The molecule has 0 atom stereocenters. The van der Waals surface area contributed by atoms with Crippen molar-refractivity contribution in [3.8, 4) is 0 Å². The van der Waals surface area contributed by atoms with Crippen molar-refractivity contribution in [2.75, 3.05) is 13.1 Å². The second-order valence-corrected chi connectivity index (χ2v) is 5.64.